The van der Waals surface area contributed by atoms with Gasteiger partial charge >= 0.3 is 24.3 Å². The molecule has 1 rings (SSSR count). The number of ether oxygens (including phenoxy) is 3. The molecule has 1 aliphatic heterocycles. The number of rotatable bonds is 5. The molecule has 0 bridgehead atoms. The quantitative estimate of drug-likeness (QED) is 0.675. The first-order chi connectivity index (χ1) is 11.6. The van der Waals surface area contributed by atoms with Crippen molar-refractivity contribution in [3.05, 3.63) is 0 Å². The molecule has 0 aliphatic carbocycles. The molecular weight excluding hydrogens is 360 g/mol. The summed E-state index contributed by atoms with van der Waals surface area (Å²) in [7, 11) is 0. The van der Waals surface area contributed by atoms with Crippen LogP contribution in [0.2, 0.25) is 0 Å². The first-order valence-electron chi connectivity index (χ1n) is 6.84. The number of carbonyl (C=O) groups excluding carboxylic acids is 4. The lowest BCUT2D eigenvalue weighted by molar-refractivity contribution is -0.172. The molecule has 9 nitrogen and oxygen atoms in total. The van der Waals surface area contributed by atoms with Gasteiger partial charge in [-0.15, -0.1) is 0 Å². The van der Waals surface area contributed by atoms with Crippen molar-refractivity contribution < 1.29 is 51.0 Å². The fourth-order valence-electron chi connectivity index (χ4n) is 1.75. The van der Waals surface area contributed by atoms with E-state index >= 15 is 0 Å². The largest absolute Gasteiger partial charge is 0.471 e. The predicted molar refractivity (Wildman–Crippen MR) is 68.9 cm³/mol. The van der Waals surface area contributed by atoms with Gasteiger partial charge < -0.3 is 14.2 Å². The van der Waals surface area contributed by atoms with Crippen LogP contribution in [-0.2, 0) is 23.8 Å². The second-order valence-electron chi connectivity index (χ2n) is 4.79. The van der Waals surface area contributed by atoms with Crippen molar-refractivity contribution >= 4 is 24.0 Å². The molecule has 1 fully saturated rings. The number of halogens is 4. The molecule has 2 atom stereocenters. The van der Waals surface area contributed by atoms with Gasteiger partial charge in [0.1, 0.15) is 13.2 Å². The van der Waals surface area contributed by atoms with Gasteiger partial charge in [0.2, 0.25) is 0 Å². The second-order valence-corrected chi connectivity index (χ2v) is 4.79. The molecule has 4 amide bonds. The third kappa shape index (κ3) is 7.78. The van der Waals surface area contributed by atoms with E-state index in [0.29, 0.717) is 12.8 Å². The number of nitrogens with one attached hydrogen (secondary N) is 2. The van der Waals surface area contributed by atoms with Crippen LogP contribution < -0.4 is 10.6 Å². The number of imide groups is 2. The highest BCUT2D eigenvalue weighted by Crippen LogP contribution is 2.20. The molecule has 1 heterocycles. The summed E-state index contributed by atoms with van der Waals surface area (Å²) in [5.41, 5.74) is 0. The lowest BCUT2D eigenvalue weighted by Crippen LogP contribution is -2.41. The maximum atomic E-state index is 11.9. The van der Waals surface area contributed by atoms with Gasteiger partial charge in [-0.25, -0.2) is 14.0 Å². The smallest absolute Gasteiger partial charge is 0.446 e. The molecule has 1 aliphatic rings. The van der Waals surface area contributed by atoms with Crippen LogP contribution in [0.1, 0.15) is 12.8 Å². The normalized spacial score (nSPS) is 19.8. The zero-order valence-electron chi connectivity index (χ0n) is 12.6. The van der Waals surface area contributed by atoms with Gasteiger partial charge in [-0.3, -0.25) is 20.2 Å². The van der Waals surface area contributed by atoms with E-state index in [1.54, 1.807) is 5.32 Å². The Morgan fingerprint density at radius 3 is 1.88 bits per heavy atom. The summed E-state index contributed by atoms with van der Waals surface area (Å²) in [6.45, 7) is -2.06. The third-order valence-corrected chi connectivity index (χ3v) is 2.83. The van der Waals surface area contributed by atoms with E-state index in [4.69, 9.17) is 4.74 Å². The van der Waals surface area contributed by atoms with Gasteiger partial charge in [0.15, 0.2) is 6.67 Å². The molecule has 13 heteroatoms. The molecule has 1 saturated heterocycles. The highest BCUT2D eigenvalue weighted by molar-refractivity contribution is 5.94. The van der Waals surface area contributed by atoms with Gasteiger partial charge in [0.05, 0.1) is 12.2 Å². The summed E-state index contributed by atoms with van der Waals surface area (Å²) < 4.78 is 62.0. The Hall–Kier alpha value is -2.44. The van der Waals surface area contributed by atoms with Crippen molar-refractivity contribution in [2.75, 3.05) is 19.9 Å². The number of amides is 4. The maximum absolute atomic E-state index is 11.9. The number of hydrogen-bond donors (Lipinski definition) is 2. The topological polar surface area (TPSA) is 120 Å². The Bertz CT molecular complexity index is 526. The van der Waals surface area contributed by atoms with E-state index in [1.165, 1.54) is 0 Å². The maximum Gasteiger partial charge on any atom is 0.471 e. The third-order valence-electron chi connectivity index (χ3n) is 2.83. The first-order valence-corrected chi connectivity index (χ1v) is 6.84. The molecule has 0 saturated carbocycles. The predicted octanol–water partition coefficient (Wildman–Crippen LogP) is 0.571. The van der Waals surface area contributed by atoms with Gasteiger partial charge in [-0.1, -0.05) is 0 Å². The fourth-order valence-corrected chi connectivity index (χ4v) is 1.75. The molecule has 0 aromatic carbocycles. The molecular formula is C12H14F4N2O7. The lowest BCUT2D eigenvalue weighted by atomic mass is 10.2. The van der Waals surface area contributed by atoms with Crippen molar-refractivity contribution in [2.24, 2.45) is 0 Å². The van der Waals surface area contributed by atoms with Crippen LogP contribution in [0.5, 0.6) is 0 Å². The van der Waals surface area contributed by atoms with Crippen LogP contribution in [0.15, 0.2) is 0 Å². The van der Waals surface area contributed by atoms with Crippen molar-refractivity contribution in [1.29, 1.82) is 0 Å². The number of alkyl halides is 4. The number of hydrogen-bond acceptors (Lipinski definition) is 7. The molecule has 25 heavy (non-hydrogen) atoms. The van der Waals surface area contributed by atoms with Crippen LogP contribution >= 0.6 is 0 Å². The van der Waals surface area contributed by atoms with Crippen LogP contribution in [-0.4, -0.2) is 62.3 Å². The van der Waals surface area contributed by atoms with Crippen molar-refractivity contribution in [1.82, 2.24) is 10.6 Å². The van der Waals surface area contributed by atoms with Crippen LogP contribution in [0.3, 0.4) is 0 Å². The van der Waals surface area contributed by atoms with Crippen molar-refractivity contribution in [2.45, 2.75) is 31.2 Å². The summed E-state index contributed by atoms with van der Waals surface area (Å²) in [4.78, 5) is 43.2. The zero-order valence-corrected chi connectivity index (χ0v) is 12.6. The zero-order chi connectivity index (χ0) is 19.0. The Labute approximate surface area is 137 Å². The minimum absolute atomic E-state index is 0.263. The Balaban J connectivity index is 2.22. The first kappa shape index (κ1) is 20.6. The fraction of sp³-hybridized carbons (Fsp3) is 0.667. The van der Waals surface area contributed by atoms with Gasteiger partial charge in [-0.2, -0.15) is 13.2 Å². The Morgan fingerprint density at radius 2 is 1.44 bits per heavy atom. The van der Waals surface area contributed by atoms with Gasteiger partial charge in [0, 0.05) is 0 Å². The van der Waals surface area contributed by atoms with E-state index < -0.39 is 55.7 Å². The molecule has 0 unspecified atom stereocenters. The second kappa shape index (κ2) is 9.15. The summed E-state index contributed by atoms with van der Waals surface area (Å²) >= 11 is 0. The summed E-state index contributed by atoms with van der Waals surface area (Å²) in [6, 6.07) is 0. The van der Waals surface area contributed by atoms with Crippen molar-refractivity contribution in [3.8, 4) is 0 Å². The van der Waals surface area contributed by atoms with Gasteiger partial charge in [0.25, 0.3) is 5.91 Å². The molecule has 0 aromatic rings. The minimum Gasteiger partial charge on any atom is -0.446 e. The highest BCUT2D eigenvalue weighted by Gasteiger charge is 2.40. The van der Waals surface area contributed by atoms with E-state index in [1.807, 2.05) is 0 Å². The SMILES string of the molecule is O=C(CF)NC(=O)OC[C@@H]1CC[C@@H](COC(=O)NC(=O)C(F)(F)F)O1. The van der Waals surface area contributed by atoms with E-state index in [-0.39, 0.29) is 6.61 Å². The Kier molecular flexibility index (Phi) is 7.54. The molecule has 0 spiro atoms. The summed E-state index contributed by atoms with van der Waals surface area (Å²) in [6.07, 6.45) is -8.49. The van der Waals surface area contributed by atoms with E-state index in [0.717, 1.165) is 5.32 Å². The highest BCUT2D eigenvalue weighted by atomic mass is 19.4. The molecule has 2 N–H and O–H groups in total. The number of alkyl carbamates (subject to hydrolysis) is 2. The van der Waals surface area contributed by atoms with Crippen molar-refractivity contribution in [3.63, 3.8) is 0 Å². The van der Waals surface area contributed by atoms with E-state index in [9.17, 15) is 36.7 Å². The minimum atomic E-state index is -5.21. The van der Waals surface area contributed by atoms with E-state index in [2.05, 4.69) is 9.47 Å². The summed E-state index contributed by atoms with van der Waals surface area (Å²) in [5, 5.41) is 2.60. The number of carbonyl (C=O) groups is 4. The standard InChI is InChI=1S/C12H14F4N2O7/c13-3-8(19)17-10(21)23-4-6-1-2-7(25-6)5-24-11(22)18-9(20)12(14,15)16/h6-7H,1-5H2,(H,17,19,21)(H,18,20,22)/t6-,7-/m0/s1. The average Bonchev–Trinajstić information content (AvgIpc) is 2.97. The lowest BCUT2D eigenvalue weighted by Gasteiger charge is -2.14. The molecule has 142 valence electrons. The summed E-state index contributed by atoms with van der Waals surface area (Å²) in [5.74, 6) is -3.62. The Morgan fingerprint density at radius 1 is 0.960 bits per heavy atom. The molecule has 0 radical (unpaired) electrons. The van der Waals surface area contributed by atoms with Crippen LogP contribution in [0.4, 0.5) is 27.2 Å². The molecule has 0 aromatic heterocycles. The monoisotopic (exact) mass is 374 g/mol. The average molecular weight is 374 g/mol. The van der Waals surface area contributed by atoms with Crippen LogP contribution in [0.25, 0.3) is 0 Å². The van der Waals surface area contributed by atoms with Crippen LogP contribution in [0, 0.1) is 0 Å². The van der Waals surface area contributed by atoms with Gasteiger partial charge in [-0.05, 0) is 12.8 Å².